The monoisotopic (exact) mass is 455 g/mol. The predicted molar refractivity (Wildman–Crippen MR) is 134 cm³/mol. The van der Waals surface area contributed by atoms with Crippen LogP contribution in [-0.2, 0) is 19.4 Å². The van der Waals surface area contributed by atoms with Crippen molar-refractivity contribution in [3.8, 4) is 11.3 Å². The van der Waals surface area contributed by atoms with Gasteiger partial charge in [0.15, 0.2) is 5.16 Å². The molecule has 5 aromatic rings. The number of pyridine rings is 2. The van der Waals surface area contributed by atoms with E-state index in [0.717, 1.165) is 50.1 Å². The highest BCUT2D eigenvalue weighted by Gasteiger charge is 2.25. The number of rotatable bonds is 5. The second-order valence-corrected chi connectivity index (χ2v) is 9.64. The molecule has 0 saturated heterocycles. The number of aryl methyl sites for hydroxylation is 1. The van der Waals surface area contributed by atoms with E-state index in [-0.39, 0.29) is 0 Å². The molecule has 4 heterocycles. The molecule has 0 aliphatic heterocycles. The van der Waals surface area contributed by atoms with Gasteiger partial charge < -0.3 is 5.32 Å². The van der Waals surface area contributed by atoms with Gasteiger partial charge in [-0.1, -0.05) is 48.2 Å². The highest BCUT2D eigenvalue weighted by atomic mass is 32.2. The summed E-state index contributed by atoms with van der Waals surface area (Å²) in [5.41, 5.74) is 7.28. The Morgan fingerprint density at radius 2 is 1.88 bits per heavy atom. The van der Waals surface area contributed by atoms with Gasteiger partial charge in [0.1, 0.15) is 10.6 Å². The lowest BCUT2D eigenvalue weighted by Gasteiger charge is -2.10. The minimum absolute atomic E-state index is 0.669. The van der Waals surface area contributed by atoms with E-state index >= 15 is 0 Å². The minimum Gasteiger partial charge on any atom is -0.365 e. The standard InChI is InChI=1S/C25H21N5S2/c1-31-25-29-21-19-17-10-5-11-18(17)20(16-8-3-2-4-9-16)28-24(19)32-22(21)23(30-25)27-14-15-7-6-12-26-13-15/h2-4,6-9,12-13H,5,10-11,14H2,1H3,(H,27,29,30). The molecular formula is C25H21N5S2. The Bertz CT molecular complexity index is 1430. The number of thiophene rings is 1. The van der Waals surface area contributed by atoms with Gasteiger partial charge in [-0.05, 0) is 48.3 Å². The number of aromatic nitrogens is 4. The van der Waals surface area contributed by atoms with E-state index in [1.807, 2.05) is 18.5 Å². The van der Waals surface area contributed by atoms with Crippen LogP contribution in [0.5, 0.6) is 0 Å². The van der Waals surface area contributed by atoms with E-state index in [2.05, 4.69) is 46.7 Å². The molecule has 0 saturated carbocycles. The molecule has 0 radical (unpaired) electrons. The Morgan fingerprint density at radius 1 is 1.00 bits per heavy atom. The van der Waals surface area contributed by atoms with E-state index < -0.39 is 0 Å². The zero-order valence-electron chi connectivity index (χ0n) is 17.6. The van der Waals surface area contributed by atoms with Crippen LogP contribution in [-0.4, -0.2) is 26.2 Å². The first-order valence-electron chi connectivity index (χ1n) is 10.7. The molecule has 5 nitrogen and oxygen atoms in total. The molecular weight excluding hydrogens is 434 g/mol. The third kappa shape index (κ3) is 3.32. The second-order valence-electron chi connectivity index (χ2n) is 7.87. The molecule has 1 N–H and O–H groups in total. The Morgan fingerprint density at radius 3 is 2.69 bits per heavy atom. The number of hydrogen-bond donors (Lipinski definition) is 1. The van der Waals surface area contributed by atoms with E-state index in [1.165, 1.54) is 28.5 Å². The fourth-order valence-corrected chi connectivity index (χ4v) is 5.96. The summed E-state index contributed by atoms with van der Waals surface area (Å²) in [7, 11) is 0. The number of hydrogen-bond acceptors (Lipinski definition) is 7. The molecule has 0 fully saturated rings. The van der Waals surface area contributed by atoms with Crippen molar-refractivity contribution in [3.63, 3.8) is 0 Å². The summed E-state index contributed by atoms with van der Waals surface area (Å²) < 4.78 is 1.08. The van der Waals surface area contributed by atoms with Gasteiger partial charge in [-0.3, -0.25) is 4.98 Å². The number of anilines is 1. The second kappa shape index (κ2) is 8.15. The lowest BCUT2D eigenvalue weighted by Crippen LogP contribution is -2.03. The Kier molecular flexibility index (Phi) is 5.00. The van der Waals surface area contributed by atoms with Crippen LogP contribution in [0.1, 0.15) is 23.1 Å². The smallest absolute Gasteiger partial charge is 0.189 e. The van der Waals surface area contributed by atoms with Gasteiger partial charge in [-0.15, -0.1) is 11.3 Å². The molecule has 158 valence electrons. The average molecular weight is 456 g/mol. The van der Waals surface area contributed by atoms with Crippen LogP contribution in [0.25, 0.3) is 31.7 Å². The molecule has 0 amide bonds. The van der Waals surface area contributed by atoms with Crippen LogP contribution in [0.2, 0.25) is 0 Å². The summed E-state index contributed by atoms with van der Waals surface area (Å²) in [6.45, 7) is 0.669. The maximum Gasteiger partial charge on any atom is 0.189 e. The summed E-state index contributed by atoms with van der Waals surface area (Å²) in [6.07, 6.45) is 9.02. The lowest BCUT2D eigenvalue weighted by molar-refractivity contribution is 0.913. The predicted octanol–water partition coefficient (Wildman–Crippen LogP) is 6.12. The zero-order valence-corrected chi connectivity index (χ0v) is 19.3. The molecule has 7 heteroatoms. The summed E-state index contributed by atoms with van der Waals surface area (Å²) in [6, 6.07) is 14.6. The lowest BCUT2D eigenvalue weighted by atomic mass is 10.0. The SMILES string of the molecule is CSc1nc(NCc2cccnc2)c2sc3nc(-c4ccccc4)c4c(c3c2n1)CCC4. The largest absolute Gasteiger partial charge is 0.365 e. The van der Waals surface area contributed by atoms with Gasteiger partial charge in [0.2, 0.25) is 0 Å². The van der Waals surface area contributed by atoms with E-state index in [1.54, 1.807) is 29.3 Å². The zero-order chi connectivity index (χ0) is 21.5. The first-order valence-corrected chi connectivity index (χ1v) is 12.7. The van der Waals surface area contributed by atoms with Gasteiger partial charge in [0, 0.05) is 29.9 Å². The first kappa shape index (κ1) is 19.6. The minimum atomic E-state index is 0.669. The molecule has 4 aromatic heterocycles. The molecule has 32 heavy (non-hydrogen) atoms. The summed E-state index contributed by atoms with van der Waals surface area (Å²) in [5.74, 6) is 0.874. The fraction of sp³-hybridized carbons (Fsp3) is 0.200. The molecule has 1 aliphatic carbocycles. The number of nitrogens with one attached hydrogen (secondary N) is 1. The molecule has 0 atom stereocenters. The van der Waals surface area contributed by atoms with Crippen LogP contribution in [0.4, 0.5) is 5.82 Å². The highest BCUT2D eigenvalue weighted by Crippen LogP contribution is 2.44. The van der Waals surface area contributed by atoms with Crippen molar-refractivity contribution in [3.05, 3.63) is 71.5 Å². The average Bonchev–Trinajstić information content (AvgIpc) is 3.47. The molecule has 0 spiro atoms. The Labute approximate surface area is 194 Å². The van der Waals surface area contributed by atoms with E-state index in [0.29, 0.717) is 6.54 Å². The van der Waals surface area contributed by atoms with Crippen molar-refractivity contribution in [2.24, 2.45) is 0 Å². The molecule has 1 aromatic carbocycles. The van der Waals surface area contributed by atoms with Gasteiger partial charge in [-0.2, -0.15) is 0 Å². The molecule has 1 aliphatic rings. The third-order valence-corrected chi connectivity index (χ3v) is 7.55. The van der Waals surface area contributed by atoms with Crippen molar-refractivity contribution >= 4 is 49.3 Å². The van der Waals surface area contributed by atoms with Crippen LogP contribution in [0.3, 0.4) is 0 Å². The Hall–Kier alpha value is -3.03. The van der Waals surface area contributed by atoms with Gasteiger partial charge in [0.25, 0.3) is 0 Å². The normalized spacial score (nSPS) is 13.0. The summed E-state index contributed by atoms with van der Waals surface area (Å²) >= 11 is 3.27. The van der Waals surface area contributed by atoms with Crippen molar-refractivity contribution in [1.29, 1.82) is 0 Å². The van der Waals surface area contributed by atoms with Crippen LogP contribution >= 0.6 is 23.1 Å². The van der Waals surface area contributed by atoms with Crippen molar-refractivity contribution in [1.82, 2.24) is 19.9 Å². The number of nitrogens with zero attached hydrogens (tertiary/aromatic N) is 4. The van der Waals surface area contributed by atoms with E-state index in [9.17, 15) is 0 Å². The van der Waals surface area contributed by atoms with Gasteiger partial charge in [0.05, 0.1) is 15.9 Å². The molecule has 0 bridgehead atoms. The maximum atomic E-state index is 5.18. The Balaban J connectivity index is 1.55. The van der Waals surface area contributed by atoms with Crippen LogP contribution in [0.15, 0.2) is 60.0 Å². The number of benzene rings is 1. The van der Waals surface area contributed by atoms with Crippen molar-refractivity contribution in [2.75, 3.05) is 11.6 Å². The number of thioether (sulfide) groups is 1. The number of fused-ring (bicyclic) bond motifs is 5. The highest BCUT2D eigenvalue weighted by molar-refractivity contribution is 7.98. The summed E-state index contributed by atoms with van der Waals surface area (Å²) in [5, 5.41) is 5.54. The maximum absolute atomic E-state index is 5.18. The van der Waals surface area contributed by atoms with Crippen LogP contribution < -0.4 is 5.32 Å². The summed E-state index contributed by atoms with van der Waals surface area (Å²) in [4.78, 5) is 20.2. The molecule has 0 unspecified atom stereocenters. The quantitative estimate of drug-likeness (QED) is 0.254. The van der Waals surface area contributed by atoms with Crippen molar-refractivity contribution < 1.29 is 0 Å². The van der Waals surface area contributed by atoms with E-state index in [4.69, 9.17) is 15.0 Å². The third-order valence-electron chi connectivity index (χ3n) is 5.93. The molecule has 6 rings (SSSR count). The van der Waals surface area contributed by atoms with Crippen LogP contribution in [0, 0.1) is 0 Å². The fourth-order valence-electron chi connectivity index (χ4n) is 4.48. The van der Waals surface area contributed by atoms with Gasteiger partial charge >= 0.3 is 0 Å². The van der Waals surface area contributed by atoms with Crippen molar-refractivity contribution in [2.45, 2.75) is 31.0 Å². The first-order chi connectivity index (χ1) is 15.8. The van der Waals surface area contributed by atoms with Gasteiger partial charge in [-0.25, -0.2) is 15.0 Å². The topological polar surface area (TPSA) is 63.6 Å².